The molecule has 0 aliphatic heterocycles. The van der Waals surface area contributed by atoms with Crippen LogP contribution in [0.1, 0.15) is 32.8 Å². The van der Waals surface area contributed by atoms with Crippen molar-refractivity contribution in [2.24, 2.45) is 0 Å². The third kappa shape index (κ3) is 7.00. The van der Waals surface area contributed by atoms with Crippen molar-refractivity contribution in [2.45, 2.75) is 39.4 Å². The van der Waals surface area contributed by atoms with Crippen LogP contribution in [0, 0.1) is 0 Å². The Bertz CT molecular complexity index is 521. The lowest BCUT2D eigenvalue weighted by atomic mass is 10.2. The summed E-state index contributed by atoms with van der Waals surface area (Å²) in [4.78, 5) is 23.0. The number of hydrogen-bond donors (Lipinski definition) is 1. The number of ether oxygens (including phenoxy) is 2. The predicted octanol–water partition coefficient (Wildman–Crippen LogP) is 3.95. The maximum Gasteiger partial charge on any atom is 0.407 e. The Kier molecular flexibility index (Phi) is 6.97. The highest BCUT2D eigenvalue weighted by atomic mass is 35.5. The van der Waals surface area contributed by atoms with Crippen LogP contribution in [0.2, 0.25) is 10.0 Å². The smallest absolute Gasteiger partial charge is 0.407 e. The fourth-order valence-electron chi connectivity index (χ4n) is 1.48. The van der Waals surface area contributed by atoms with E-state index in [4.69, 9.17) is 32.7 Å². The van der Waals surface area contributed by atoms with E-state index in [0.717, 1.165) is 0 Å². The Morgan fingerprint density at radius 2 is 1.77 bits per heavy atom. The minimum atomic E-state index is -0.578. The SMILES string of the molecule is CC(C)(C)OC(=O)NCCC(=O)OCc1c(Cl)cccc1Cl. The highest BCUT2D eigenvalue weighted by Crippen LogP contribution is 2.24. The molecule has 0 saturated heterocycles. The molecule has 0 aromatic heterocycles. The van der Waals surface area contributed by atoms with Crippen molar-refractivity contribution >= 4 is 35.3 Å². The van der Waals surface area contributed by atoms with Crippen molar-refractivity contribution in [1.29, 1.82) is 0 Å². The van der Waals surface area contributed by atoms with Gasteiger partial charge in [0.2, 0.25) is 0 Å². The number of benzene rings is 1. The molecule has 0 radical (unpaired) electrons. The molecule has 1 aromatic rings. The van der Waals surface area contributed by atoms with Crippen LogP contribution in [0.15, 0.2) is 18.2 Å². The minimum Gasteiger partial charge on any atom is -0.461 e. The van der Waals surface area contributed by atoms with Gasteiger partial charge >= 0.3 is 12.1 Å². The number of esters is 1. The van der Waals surface area contributed by atoms with Gasteiger partial charge in [0.05, 0.1) is 6.42 Å². The summed E-state index contributed by atoms with van der Waals surface area (Å²) < 4.78 is 10.1. The van der Waals surface area contributed by atoms with Gasteiger partial charge in [0.1, 0.15) is 12.2 Å². The van der Waals surface area contributed by atoms with E-state index in [1.54, 1.807) is 39.0 Å². The standard InChI is InChI=1S/C15H19Cl2NO4/c1-15(2,3)22-14(20)18-8-7-13(19)21-9-10-11(16)5-4-6-12(10)17/h4-6H,7-9H2,1-3H3,(H,18,20). The maximum atomic E-state index is 11.6. The first kappa shape index (κ1) is 18.6. The molecule has 122 valence electrons. The average Bonchev–Trinajstić information content (AvgIpc) is 2.36. The van der Waals surface area contributed by atoms with Gasteiger partial charge in [0, 0.05) is 22.2 Å². The number of hydrogen-bond acceptors (Lipinski definition) is 4. The van der Waals surface area contributed by atoms with Crippen molar-refractivity contribution in [2.75, 3.05) is 6.54 Å². The van der Waals surface area contributed by atoms with Crippen LogP contribution in [-0.4, -0.2) is 24.2 Å². The molecule has 1 aromatic carbocycles. The third-order valence-corrected chi connectivity index (χ3v) is 3.14. The lowest BCUT2D eigenvalue weighted by Crippen LogP contribution is -2.33. The van der Waals surface area contributed by atoms with Gasteiger partial charge in [-0.1, -0.05) is 29.3 Å². The summed E-state index contributed by atoms with van der Waals surface area (Å²) in [6.45, 7) is 5.39. The Morgan fingerprint density at radius 3 is 2.32 bits per heavy atom. The molecule has 1 amide bonds. The molecule has 0 heterocycles. The van der Waals surface area contributed by atoms with Crippen LogP contribution in [0.3, 0.4) is 0 Å². The normalized spacial score (nSPS) is 11.0. The molecule has 0 unspecified atom stereocenters. The van der Waals surface area contributed by atoms with Crippen molar-refractivity contribution in [3.05, 3.63) is 33.8 Å². The van der Waals surface area contributed by atoms with Gasteiger partial charge in [-0.25, -0.2) is 4.79 Å². The fourth-order valence-corrected chi connectivity index (χ4v) is 1.98. The van der Waals surface area contributed by atoms with Gasteiger partial charge in [-0.15, -0.1) is 0 Å². The van der Waals surface area contributed by atoms with Crippen LogP contribution in [0.4, 0.5) is 4.79 Å². The van der Waals surface area contributed by atoms with E-state index in [1.807, 2.05) is 0 Å². The molecule has 0 atom stereocenters. The Morgan fingerprint density at radius 1 is 1.18 bits per heavy atom. The lowest BCUT2D eigenvalue weighted by Gasteiger charge is -2.19. The monoisotopic (exact) mass is 347 g/mol. The van der Waals surface area contributed by atoms with Crippen LogP contribution < -0.4 is 5.32 Å². The quantitative estimate of drug-likeness (QED) is 0.819. The first-order valence-corrected chi connectivity index (χ1v) is 7.50. The summed E-state index contributed by atoms with van der Waals surface area (Å²) in [7, 11) is 0. The summed E-state index contributed by atoms with van der Waals surface area (Å²) >= 11 is 11.9. The van der Waals surface area contributed by atoms with E-state index >= 15 is 0 Å². The zero-order valence-electron chi connectivity index (χ0n) is 12.7. The van der Waals surface area contributed by atoms with E-state index in [-0.39, 0.29) is 19.6 Å². The van der Waals surface area contributed by atoms with Crippen molar-refractivity contribution in [1.82, 2.24) is 5.32 Å². The molecule has 0 bridgehead atoms. The predicted molar refractivity (Wildman–Crippen MR) is 85.1 cm³/mol. The fraction of sp³-hybridized carbons (Fsp3) is 0.467. The largest absolute Gasteiger partial charge is 0.461 e. The molecule has 22 heavy (non-hydrogen) atoms. The molecule has 1 rings (SSSR count). The number of alkyl carbamates (subject to hydrolysis) is 1. The first-order valence-electron chi connectivity index (χ1n) is 6.74. The molecular formula is C15H19Cl2NO4. The average molecular weight is 348 g/mol. The van der Waals surface area contributed by atoms with Gasteiger partial charge in [-0.2, -0.15) is 0 Å². The van der Waals surface area contributed by atoms with Crippen LogP contribution in [-0.2, 0) is 20.9 Å². The molecule has 1 N–H and O–H groups in total. The Hall–Kier alpha value is -1.46. The molecule has 0 spiro atoms. The van der Waals surface area contributed by atoms with Gasteiger partial charge < -0.3 is 14.8 Å². The number of nitrogens with one attached hydrogen (secondary N) is 1. The topological polar surface area (TPSA) is 64.6 Å². The lowest BCUT2D eigenvalue weighted by molar-refractivity contribution is -0.144. The number of amides is 1. The number of rotatable bonds is 5. The van der Waals surface area contributed by atoms with Gasteiger partial charge in [0.15, 0.2) is 0 Å². The van der Waals surface area contributed by atoms with Crippen LogP contribution in [0.5, 0.6) is 0 Å². The number of halogens is 2. The molecule has 7 heteroatoms. The van der Waals surface area contributed by atoms with E-state index in [0.29, 0.717) is 15.6 Å². The molecule has 0 aliphatic carbocycles. The minimum absolute atomic E-state index is 0.0101. The van der Waals surface area contributed by atoms with E-state index in [1.165, 1.54) is 0 Å². The summed E-state index contributed by atoms with van der Waals surface area (Å²) in [6, 6.07) is 5.04. The Labute approximate surface area is 139 Å². The molecular weight excluding hydrogens is 329 g/mol. The van der Waals surface area contributed by atoms with E-state index in [9.17, 15) is 9.59 Å². The zero-order valence-corrected chi connectivity index (χ0v) is 14.3. The maximum absolute atomic E-state index is 11.6. The number of carbonyl (C=O) groups excluding carboxylic acids is 2. The van der Waals surface area contributed by atoms with Crippen molar-refractivity contribution in [3.8, 4) is 0 Å². The highest BCUT2D eigenvalue weighted by Gasteiger charge is 2.16. The van der Waals surface area contributed by atoms with Crippen LogP contribution >= 0.6 is 23.2 Å². The molecule has 0 fully saturated rings. The second-order valence-corrected chi connectivity index (χ2v) is 6.35. The first-order chi connectivity index (χ1) is 10.2. The van der Waals surface area contributed by atoms with Crippen molar-refractivity contribution in [3.63, 3.8) is 0 Å². The van der Waals surface area contributed by atoms with E-state index < -0.39 is 17.7 Å². The Balaban J connectivity index is 2.31. The van der Waals surface area contributed by atoms with Crippen LogP contribution in [0.25, 0.3) is 0 Å². The zero-order chi connectivity index (χ0) is 16.8. The van der Waals surface area contributed by atoms with Gasteiger partial charge in [0.25, 0.3) is 0 Å². The molecule has 0 aliphatic rings. The summed E-state index contributed by atoms with van der Waals surface area (Å²) in [5.41, 5.74) is -0.0231. The van der Waals surface area contributed by atoms with Crippen molar-refractivity contribution < 1.29 is 19.1 Å². The van der Waals surface area contributed by atoms with E-state index in [2.05, 4.69) is 5.32 Å². The highest BCUT2D eigenvalue weighted by molar-refractivity contribution is 6.35. The summed E-state index contributed by atoms with van der Waals surface area (Å²) in [6.07, 6.45) is -0.546. The second-order valence-electron chi connectivity index (χ2n) is 5.54. The molecule has 0 saturated carbocycles. The summed E-state index contributed by atoms with van der Waals surface area (Å²) in [5.74, 6) is -0.466. The third-order valence-electron chi connectivity index (χ3n) is 2.44. The second kappa shape index (κ2) is 8.25. The molecule has 5 nitrogen and oxygen atoms in total. The van der Waals surface area contributed by atoms with Gasteiger partial charge in [-0.3, -0.25) is 4.79 Å². The van der Waals surface area contributed by atoms with Gasteiger partial charge in [-0.05, 0) is 32.9 Å². The summed E-state index contributed by atoms with van der Waals surface area (Å²) in [5, 5.41) is 3.35. The number of carbonyl (C=O) groups is 2.